The van der Waals surface area contributed by atoms with E-state index in [-0.39, 0.29) is 13.2 Å². The standard InChI is InChI=1S/C20H38O8/c1-5-9-11-19(25,7-3)13-27-17(23)15(21)16(22)18(24)28-14-20(26,8-4)12-10-6-2/h15-16,21-22,25-26H,5-14H2,1-4H3. The van der Waals surface area contributed by atoms with Crippen molar-refractivity contribution in [1.29, 1.82) is 0 Å². The highest BCUT2D eigenvalue weighted by atomic mass is 16.6. The molecule has 28 heavy (non-hydrogen) atoms. The number of esters is 2. The summed E-state index contributed by atoms with van der Waals surface area (Å²) in [6, 6.07) is 0. The number of aliphatic hydroxyl groups is 4. The lowest BCUT2D eigenvalue weighted by Crippen LogP contribution is -2.45. The first kappa shape index (κ1) is 26.8. The van der Waals surface area contributed by atoms with Gasteiger partial charge in [0.1, 0.15) is 13.2 Å². The van der Waals surface area contributed by atoms with Crippen LogP contribution in [-0.4, -0.2) is 69.0 Å². The van der Waals surface area contributed by atoms with Crippen LogP contribution in [0.5, 0.6) is 0 Å². The predicted molar refractivity (Wildman–Crippen MR) is 103 cm³/mol. The minimum absolute atomic E-state index is 0.340. The molecule has 0 spiro atoms. The third-order valence-corrected chi connectivity index (χ3v) is 5.06. The number of hydrogen-bond donors (Lipinski definition) is 4. The van der Waals surface area contributed by atoms with Gasteiger partial charge in [-0.1, -0.05) is 53.4 Å². The van der Waals surface area contributed by atoms with Gasteiger partial charge in [-0.3, -0.25) is 0 Å². The Kier molecular flexibility index (Phi) is 12.5. The van der Waals surface area contributed by atoms with E-state index in [1.54, 1.807) is 13.8 Å². The number of ether oxygens (including phenoxy) is 2. The van der Waals surface area contributed by atoms with Gasteiger partial charge < -0.3 is 29.9 Å². The summed E-state index contributed by atoms with van der Waals surface area (Å²) in [4.78, 5) is 23.8. The molecule has 0 fully saturated rings. The second-order valence-electron chi connectivity index (χ2n) is 7.47. The fourth-order valence-corrected chi connectivity index (χ4v) is 2.55. The summed E-state index contributed by atoms with van der Waals surface area (Å²) in [5, 5.41) is 40.4. The summed E-state index contributed by atoms with van der Waals surface area (Å²) in [6.07, 6.45) is 0.536. The first-order valence-corrected chi connectivity index (χ1v) is 10.2. The molecule has 0 saturated heterocycles. The molecule has 166 valence electrons. The number of unbranched alkanes of at least 4 members (excludes halogenated alkanes) is 2. The van der Waals surface area contributed by atoms with Crippen molar-refractivity contribution in [3.63, 3.8) is 0 Å². The maximum absolute atomic E-state index is 11.9. The molecule has 4 atom stereocenters. The number of rotatable bonds is 15. The Morgan fingerprint density at radius 3 is 1.32 bits per heavy atom. The molecule has 0 aliphatic heterocycles. The van der Waals surface area contributed by atoms with Gasteiger partial charge in [-0.05, 0) is 25.7 Å². The van der Waals surface area contributed by atoms with Crippen LogP contribution in [0.2, 0.25) is 0 Å². The number of hydrogen-bond acceptors (Lipinski definition) is 8. The average molecular weight is 407 g/mol. The van der Waals surface area contributed by atoms with Gasteiger partial charge in [-0.15, -0.1) is 0 Å². The quantitative estimate of drug-likeness (QED) is 0.300. The first-order valence-electron chi connectivity index (χ1n) is 10.2. The zero-order chi connectivity index (χ0) is 21.8. The second kappa shape index (κ2) is 13.1. The van der Waals surface area contributed by atoms with Gasteiger partial charge in [-0.2, -0.15) is 0 Å². The molecule has 0 saturated carbocycles. The lowest BCUT2D eigenvalue weighted by Gasteiger charge is -2.28. The predicted octanol–water partition coefficient (Wildman–Crippen LogP) is 1.46. The maximum Gasteiger partial charge on any atom is 0.338 e. The Labute approximate surface area is 167 Å². The summed E-state index contributed by atoms with van der Waals surface area (Å²) in [6.45, 7) is 6.76. The molecule has 8 nitrogen and oxygen atoms in total. The molecular formula is C20H38O8. The molecule has 0 aromatic heterocycles. The Morgan fingerprint density at radius 1 is 0.750 bits per heavy atom. The summed E-state index contributed by atoms with van der Waals surface area (Å²) < 4.78 is 9.78. The Hall–Kier alpha value is -1.22. The van der Waals surface area contributed by atoms with Crippen LogP contribution in [0.15, 0.2) is 0 Å². The molecule has 0 rings (SSSR count). The van der Waals surface area contributed by atoms with Gasteiger partial charge in [0.15, 0.2) is 12.2 Å². The number of aliphatic hydroxyl groups excluding tert-OH is 2. The van der Waals surface area contributed by atoms with Crippen LogP contribution >= 0.6 is 0 Å². The van der Waals surface area contributed by atoms with E-state index in [0.717, 1.165) is 25.7 Å². The molecule has 0 bridgehead atoms. The Morgan fingerprint density at radius 2 is 1.07 bits per heavy atom. The van der Waals surface area contributed by atoms with E-state index in [9.17, 15) is 30.0 Å². The third kappa shape index (κ3) is 9.32. The lowest BCUT2D eigenvalue weighted by atomic mass is 9.95. The molecule has 0 aromatic carbocycles. The number of carbonyl (C=O) groups is 2. The zero-order valence-electron chi connectivity index (χ0n) is 17.6. The van der Waals surface area contributed by atoms with Crippen LogP contribution in [0, 0.1) is 0 Å². The fraction of sp³-hybridized carbons (Fsp3) is 0.900. The largest absolute Gasteiger partial charge is 0.461 e. The van der Waals surface area contributed by atoms with Gasteiger partial charge in [-0.25, -0.2) is 9.59 Å². The van der Waals surface area contributed by atoms with E-state index in [1.165, 1.54) is 0 Å². The normalized spacial score (nSPS) is 17.9. The first-order chi connectivity index (χ1) is 13.1. The monoisotopic (exact) mass is 406 g/mol. The van der Waals surface area contributed by atoms with E-state index in [1.807, 2.05) is 13.8 Å². The summed E-state index contributed by atoms with van der Waals surface area (Å²) in [7, 11) is 0. The van der Waals surface area contributed by atoms with E-state index in [4.69, 9.17) is 9.47 Å². The molecule has 0 aliphatic rings. The van der Waals surface area contributed by atoms with Gasteiger partial charge in [0, 0.05) is 0 Å². The number of carbonyl (C=O) groups excluding carboxylic acids is 2. The zero-order valence-corrected chi connectivity index (χ0v) is 17.6. The average Bonchev–Trinajstić information content (AvgIpc) is 2.71. The second-order valence-corrected chi connectivity index (χ2v) is 7.47. The van der Waals surface area contributed by atoms with Crippen molar-refractivity contribution in [1.82, 2.24) is 0 Å². The smallest absolute Gasteiger partial charge is 0.338 e. The highest BCUT2D eigenvalue weighted by molar-refractivity contribution is 5.85. The topological polar surface area (TPSA) is 134 Å². The molecule has 0 radical (unpaired) electrons. The van der Waals surface area contributed by atoms with Gasteiger partial charge >= 0.3 is 11.9 Å². The van der Waals surface area contributed by atoms with Crippen molar-refractivity contribution < 1.29 is 39.5 Å². The SMILES string of the molecule is CCCCC(O)(CC)COC(=O)C(O)C(O)C(=O)OCC(O)(CC)CCCC. The molecule has 4 unspecified atom stereocenters. The van der Waals surface area contributed by atoms with Crippen LogP contribution in [0.3, 0.4) is 0 Å². The van der Waals surface area contributed by atoms with Crippen LogP contribution < -0.4 is 0 Å². The highest BCUT2D eigenvalue weighted by Gasteiger charge is 2.36. The van der Waals surface area contributed by atoms with Crippen molar-refractivity contribution in [2.24, 2.45) is 0 Å². The van der Waals surface area contributed by atoms with E-state index in [0.29, 0.717) is 25.7 Å². The van der Waals surface area contributed by atoms with Crippen molar-refractivity contribution in [3.8, 4) is 0 Å². The maximum atomic E-state index is 11.9. The van der Waals surface area contributed by atoms with Crippen LogP contribution in [0.4, 0.5) is 0 Å². The van der Waals surface area contributed by atoms with Gasteiger partial charge in [0.05, 0.1) is 11.2 Å². The Balaban J connectivity index is 4.63. The molecular weight excluding hydrogens is 368 g/mol. The molecule has 0 amide bonds. The molecule has 0 heterocycles. The van der Waals surface area contributed by atoms with E-state index >= 15 is 0 Å². The van der Waals surface area contributed by atoms with Crippen LogP contribution in [0.25, 0.3) is 0 Å². The highest BCUT2D eigenvalue weighted by Crippen LogP contribution is 2.20. The summed E-state index contributed by atoms with van der Waals surface area (Å²) in [5.74, 6) is -2.44. The minimum atomic E-state index is -2.13. The summed E-state index contributed by atoms with van der Waals surface area (Å²) in [5.41, 5.74) is -2.43. The Bertz CT molecular complexity index is 427. The van der Waals surface area contributed by atoms with E-state index in [2.05, 4.69) is 0 Å². The third-order valence-electron chi connectivity index (χ3n) is 5.06. The van der Waals surface area contributed by atoms with E-state index < -0.39 is 35.3 Å². The fourth-order valence-electron chi connectivity index (χ4n) is 2.55. The van der Waals surface area contributed by atoms with Crippen LogP contribution in [-0.2, 0) is 19.1 Å². The minimum Gasteiger partial charge on any atom is -0.461 e. The van der Waals surface area contributed by atoms with Crippen molar-refractivity contribution in [2.75, 3.05) is 13.2 Å². The molecule has 8 heteroatoms. The van der Waals surface area contributed by atoms with Crippen molar-refractivity contribution in [3.05, 3.63) is 0 Å². The summed E-state index contributed by atoms with van der Waals surface area (Å²) >= 11 is 0. The van der Waals surface area contributed by atoms with Crippen molar-refractivity contribution in [2.45, 2.75) is 102 Å². The van der Waals surface area contributed by atoms with Crippen molar-refractivity contribution >= 4 is 11.9 Å². The lowest BCUT2D eigenvalue weighted by molar-refractivity contribution is -0.180. The molecule has 0 aromatic rings. The van der Waals surface area contributed by atoms with Crippen LogP contribution in [0.1, 0.15) is 79.1 Å². The molecule has 4 N–H and O–H groups in total. The van der Waals surface area contributed by atoms with Gasteiger partial charge in [0.25, 0.3) is 0 Å². The molecule has 0 aliphatic carbocycles. The van der Waals surface area contributed by atoms with Gasteiger partial charge in [0.2, 0.25) is 0 Å².